The number of fused-ring (bicyclic) bond motifs is 1. The quantitative estimate of drug-likeness (QED) is 0.727. The Labute approximate surface area is 152 Å². The van der Waals surface area contributed by atoms with Crippen molar-refractivity contribution in [2.45, 2.75) is 19.5 Å². The van der Waals surface area contributed by atoms with E-state index in [-0.39, 0.29) is 11.6 Å². The summed E-state index contributed by atoms with van der Waals surface area (Å²) in [5.41, 5.74) is 1.88. The monoisotopic (exact) mass is 349 g/mol. The lowest BCUT2D eigenvalue weighted by Gasteiger charge is -2.33. The predicted molar refractivity (Wildman–Crippen MR) is 102 cm³/mol. The van der Waals surface area contributed by atoms with Crippen LogP contribution in [-0.4, -0.2) is 40.8 Å². The SMILES string of the molecule is C[C@H](c1nc2ccccc2c(=O)n1Cc1ccccc1)N1CCOCC1. The maximum Gasteiger partial charge on any atom is 0.261 e. The molecule has 1 aromatic heterocycles. The van der Waals surface area contributed by atoms with Gasteiger partial charge in [-0.1, -0.05) is 42.5 Å². The molecule has 1 atom stereocenters. The summed E-state index contributed by atoms with van der Waals surface area (Å²) in [5.74, 6) is 0.819. The van der Waals surface area contributed by atoms with E-state index in [1.54, 1.807) is 0 Å². The van der Waals surface area contributed by atoms with Crippen LogP contribution >= 0.6 is 0 Å². The lowest BCUT2D eigenvalue weighted by Crippen LogP contribution is -2.40. The highest BCUT2D eigenvalue weighted by molar-refractivity contribution is 5.77. The van der Waals surface area contributed by atoms with Gasteiger partial charge in [0.05, 0.1) is 36.7 Å². The summed E-state index contributed by atoms with van der Waals surface area (Å²) >= 11 is 0. The molecule has 0 aliphatic carbocycles. The van der Waals surface area contributed by atoms with E-state index in [1.807, 2.05) is 59.2 Å². The molecule has 1 aliphatic heterocycles. The van der Waals surface area contributed by atoms with Crippen LogP contribution in [0.5, 0.6) is 0 Å². The van der Waals surface area contributed by atoms with E-state index in [4.69, 9.17) is 9.72 Å². The fourth-order valence-electron chi connectivity index (χ4n) is 3.55. The number of benzene rings is 2. The summed E-state index contributed by atoms with van der Waals surface area (Å²) < 4.78 is 7.31. The van der Waals surface area contributed by atoms with Crippen molar-refractivity contribution in [3.63, 3.8) is 0 Å². The third-order valence-electron chi connectivity index (χ3n) is 5.04. The average molecular weight is 349 g/mol. The topological polar surface area (TPSA) is 47.4 Å². The molecular formula is C21H23N3O2. The second-order valence-electron chi connectivity index (χ2n) is 6.69. The molecule has 0 radical (unpaired) electrons. The van der Waals surface area contributed by atoms with Gasteiger partial charge in [-0.3, -0.25) is 14.3 Å². The van der Waals surface area contributed by atoms with Crippen molar-refractivity contribution in [2.24, 2.45) is 0 Å². The molecule has 5 nitrogen and oxygen atoms in total. The van der Waals surface area contributed by atoms with Crippen LogP contribution in [0.4, 0.5) is 0 Å². The second kappa shape index (κ2) is 7.40. The summed E-state index contributed by atoms with van der Waals surface area (Å²) in [4.78, 5) is 20.4. The van der Waals surface area contributed by atoms with Gasteiger partial charge < -0.3 is 4.74 Å². The Hall–Kier alpha value is -2.50. The Kier molecular flexibility index (Phi) is 4.82. The van der Waals surface area contributed by atoms with Crippen molar-refractivity contribution in [1.82, 2.24) is 14.5 Å². The molecule has 1 fully saturated rings. The molecule has 0 unspecified atom stereocenters. The number of morpholine rings is 1. The van der Waals surface area contributed by atoms with E-state index in [0.717, 1.165) is 43.2 Å². The third kappa shape index (κ3) is 3.28. The van der Waals surface area contributed by atoms with Crippen molar-refractivity contribution in [2.75, 3.05) is 26.3 Å². The van der Waals surface area contributed by atoms with Gasteiger partial charge in [-0.15, -0.1) is 0 Å². The van der Waals surface area contributed by atoms with Gasteiger partial charge in [0.15, 0.2) is 0 Å². The predicted octanol–water partition coefficient (Wildman–Crippen LogP) is 2.84. The Balaban J connectivity index is 1.83. The Bertz CT molecular complexity index is 946. The maximum absolute atomic E-state index is 13.2. The zero-order chi connectivity index (χ0) is 17.9. The van der Waals surface area contributed by atoms with Gasteiger partial charge in [-0.25, -0.2) is 4.98 Å². The zero-order valence-electron chi connectivity index (χ0n) is 15.0. The minimum absolute atomic E-state index is 0.0227. The molecular weight excluding hydrogens is 326 g/mol. The molecule has 2 aromatic carbocycles. The number of hydrogen-bond donors (Lipinski definition) is 0. The number of aromatic nitrogens is 2. The van der Waals surface area contributed by atoms with Gasteiger partial charge in [0.1, 0.15) is 5.82 Å². The fourth-order valence-corrected chi connectivity index (χ4v) is 3.55. The molecule has 1 aliphatic rings. The standard InChI is InChI=1S/C21H23N3O2/c1-16(23-11-13-26-14-12-23)20-22-19-10-6-5-9-18(19)21(25)24(20)15-17-7-3-2-4-8-17/h2-10,16H,11-15H2,1H3/t16-/m1/s1. The summed E-state index contributed by atoms with van der Waals surface area (Å²) in [7, 11) is 0. The highest BCUT2D eigenvalue weighted by Crippen LogP contribution is 2.21. The molecule has 0 bridgehead atoms. The maximum atomic E-state index is 13.2. The number of para-hydroxylation sites is 1. The van der Waals surface area contributed by atoms with Crippen LogP contribution in [0.15, 0.2) is 59.4 Å². The first-order valence-electron chi connectivity index (χ1n) is 9.09. The van der Waals surface area contributed by atoms with Crippen molar-refractivity contribution < 1.29 is 4.74 Å². The Morgan fingerprint density at radius 2 is 1.73 bits per heavy atom. The number of hydrogen-bond acceptors (Lipinski definition) is 4. The van der Waals surface area contributed by atoms with Crippen molar-refractivity contribution >= 4 is 10.9 Å². The van der Waals surface area contributed by atoms with Gasteiger partial charge in [-0.2, -0.15) is 0 Å². The van der Waals surface area contributed by atoms with Crippen molar-refractivity contribution in [3.8, 4) is 0 Å². The molecule has 4 rings (SSSR count). The normalized spacial score (nSPS) is 16.7. The number of ether oxygens (including phenoxy) is 1. The average Bonchev–Trinajstić information content (AvgIpc) is 2.71. The molecule has 0 amide bonds. The molecule has 26 heavy (non-hydrogen) atoms. The summed E-state index contributed by atoms with van der Waals surface area (Å²) in [6.45, 7) is 5.82. The van der Waals surface area contributed by atoms with E-state index >= 15 is 0 Å². The van der Waals surface area contributed by atoms with E-state index < -0.39 is 0 Å². The van der Waals surface area contributed by atoms with Gasteiger partial charge in [-0.05, 0) is 24.6 Å². The van der Waals surface area contributed by atoms with Crippen LogP contribution in [0.2, 0.25) is 0 Å². The Morgan fingerprint density at radius 1 is 1.04 bits per heavy atom. The van der Waals surface area contributed by atoms with Crippen molar-refractivity contribution in [3.05, 3.63) is 76.3 Å². The molecule has 0 saturated carbocycles. The Morgan fingerprint density at radius 3 is 2.50 bits per heavy atom. The van der Waals surface area contributed by atoms with Crippen LogP contribution in [0, 0.1) is 0 Å². The zero-order valence-corrected chi connectivity index (χ0v) is 15.0. The summed E-state index contributed by atoms with van der Waals surface area (Å²) in [5, 5.41) is 0.668. The van der Waals surface area contributed by atoms with Crippen LogP contribution in [0.1, 0.15) is 24.4 Å². The molecule has 1 saturated heterocycles. The third-order valence-corrected chi connectivity index (χ3v) is 5.04. The molecule has 3 aromatic rings. The number of rotatable bonds is 4. The van der Waals surface area contributed by atoms with Crippen molar-refractivity contribution in [1.29, 1.82) is 0 Å². The van der Waals surface area contributed by atoms with E-state index in [1.165, 1.54) is 0 Å². The molecule has 5 heteroatoms. The lowest BCUT2D eigenvalue weighted by atomic mass is 10.1. The van der Waals surface area contributed by atoms with Crippen LogP contribution in [0.3, 0.4) is 0 Å². The fraction of sp³-hybridized carbons (Fsp3) is 0.333. The van der Waals surface area contributed by atoms with Crippen LogP contribution in [0.25, 0.3) is 10.9 Å². The highest BCUT2D eigenvalue weighted by atomic mass is 16.5. The summed E-state index contributed by atoms with van der Waals surface area (Å²) in [6.07, 6.45) is 0. The first-order valence-corrected chi connectivity index (χ1v) is 9.09. The van der Waals surface area contributed by atoms with Gasteiger partial charge >= 0.3 is 0 Å². The molecule has 2 heterocycles. The smallest absolute Gasteiger partial charge is 0.261 e. The molecule has 0 spiro atoms. The highest BCUT2D eigenvalue weighted by Gasteiger charge is 2.24. The second-order valence-corrected chi connectivity index (χ2v) is 6.69. The van der Waals surface area contributed by atoms with Crippen LogP contribution in [-0.2, 0) is 11.3 Å². The summed E-state index contributed by atoms with van der Waals surface area (Å²) in [6, 6.07) is 17.7. The minimum atomic E-state index is 0.0227. The lowest BCUT2D eigenvalue weighted by molar-refractivity contribution is 0.0173. The van der Waals surface area contributed by atoms with Crippen LogP contribution < -0.4 is 5.56 Å². The minimum Gasteiger partial charge on any atom is -0.379 e. The first kappa shape index (κ1) is 16.9. The molecule has 0 N–H and O–H groups in total. The largest absolute Gasteiger partial charge is 0.379 e. The van der Waals surface area contributed by atoms with E-state index in [9.17, 15) is 4.79 Å². The van der Waals surface area contributed by atoms with Gasteiger partial charge in [0.25, 0.3) is 5.56 Å². The number of nitrogens with zero attached hydrogens (tertiary/aromatic N) is 3. The van der Waals surface area contributed by atoms with E-state index in [0.29, 0.717) is 11.9 Å². The first-order chi connectivity index (χ1) is 12.7. The van der Waals surface area contributed by atoms with Gasteiger partial charge in [0.2, 0.25) is 0 Å². The van der Waals surface area contributed by atoms with Gasteiger partial charge in [0, 0.05) is 13.1 Å². The van der Waals surface area contributed by atoms with E-state index in [2.05, 4.69) is 11.8 Å². The molecule has 134 valence electrons.